The summed E-state index contributed by atoms with van der Waals surface area (Å²) in [6.45, 7) is 1.78. The second-order valence-electron chi connectivity index (χ2n) is 4.18. The van der Waals surface area contributed by atoms with E-state index in [-0.39, 0.29) is 12.3 Å². The van der Waals surface area contributed by atoms with Crippen LogP contribution in [-0.4, -0.2) is 45.8 Å². The van der Waals surface area contributed by atoms with E-state index in [4.69, 9.17) is 10.2 Å². The highest BCUT2D eigenvalue weighted by atomic mass is 16.4. The zero-order valence-electron chi connectivity index (χ0n) is 9.41. The van der Waals surface area contributed by atoms with E-state index in [1.54, 1.807) is 6.20 Å². The molecule has 0 aliphatic carbocycles. The Hall–Kier alpha value is -1.69. The minimum Gasteiger partial charge on any atom is -0.476 e. The Morgan fingerprint density at radius 2 is 2.12 bits per heavy atom. The van der Waals surface area contributed by atoms with Gasteiger partial charge in [0, 0.05) is 19.7 Å². The summed E-state index contributed by atoms with van der Waals surface area (Å²) >= 11 is 0. The third-order valence-corrected chi connectivity index (χ3v) is 3.04. The lowest BCUT2D eigenvalue weighted by molar-refractivity contribution is 0.0690. The van der Waals surface area contributed by atoms with Crippen LogP contribution in [0.4, 0.5) is 5.82 Å². The van der Waals surface area contributed by atoms with Crippen molar-refractivity contribution >= 4 is 11.8 Å². The molecular weight excluding hydrogens is 222 g/mol. The SMILES string of the molecule is O=C(O)c1cncc(N2CCC(CO)CC2)n1. The Balaban J connectivity index is 2.08. The van der Waals surface area contributed by atoms with Crippen molar-refractivity contribution in [3.63, 3.8) is 0 Å². The first-order chi connectivity index (χ1) is 8.20. The van der Waals surface area contributed by atoms with Gasteiger partial charge in [-0.3, -0.25) is 4.98 Å². The van der Waals surface area contributed by atoms with Crippen LogP contribution in [0.2, 0.25) is 0 Å². The molecule has 0 bridgehead atoms. The largest absolute Gasteiger partial charge is 0.476 e. The van der Waals surface area contributed by atoms with Crippen LogP contribution < -0.4 is 4.90 Å². The molecule has 0 aromatic carbocycles. The third-order valence-electron chi connectivity index (χ3n) is 3.04. The molecule has 1 saturated heterocycles. The van der Waals surface area contributed by atoms with Crippen LogP contribution in [0.5, 0.6) is 0 Å². The fraction of sp³-hybridized carbons (Fsp3) is 0.545. The summed E-state index contributed by atoms with van der Waals surface area (Å²) in [6, 6.07) is 0. The molecule has 17 heavy (non-hydrogen) atoms. The Morgan fingerprint density at radius 1 is 1.41 bits per heavy atom. The number of aliphatic hydroxyl groups is 1. The number of hydrogen-bond acceptors (Lipinski definition) is 5. The monoisotopic (exact) mass is 237 g/mol. The molecule has 0 spiro atoms. The van der Waals surface area contributed by atoms with Crippen molar-refractivity contribution in [2.24, 2.45) is 5.92 Å². The number of rotatable bonds is 3. The molecule has 0 saturated carbocycles. The van der Waals surface area contributed by atoms with E-state index >= 15 is 0 Å². The maximum Gasteiger partial charge on any atom is 0.356 e. The Kier molecular flexibility index (Phi) is 3.53. The predicted octanol–water partition coefficient (Wildman–Crippen LogP) is 0.384. The zero-order chi connectivity index (χ0) is 12.3. The minimum atomic E-state index is -1.07. The molecule has 6 nitrogen and oxygen atoms in total. The average Bonchev–Trinajstić information content (AvgIpc) is 2.39. The molecule has 1 aromatic rings. The van der Waals surface area contributed by atoms with Crippen LogP contribution in [0.1, 0.15) is 23.3 Å². The van der Waals surface area contributed by atoms with Gasteiger partial charge < -0.3 is 15.1 Å². The second-order valence-corrected chi connectivity index (χ2v) is 4.18. The van der Waals surface area contributed by atoms with Crippen molar-refractivity contribution in [3.8, 4) is 0 Å². The number of aromatic carboxylic acids is 1. The molecule has 0 unspecified atom stereocenters. The van der Waals surface area contributed by atoms with Crippen LogP contribution >= 0.6 is 0 Å². The highest BCUT2D eigenvalue weighted by Gasteiger charge is 2.20. The lowest BCUT2D eigenvalue weighted by Gasteiger charge is -2.31. The molecule has 2 rings (SSSR count). The summed E-state index contributed by atoms with van der Waals surface area (Å²) < 4.78 is 0. The Labute approximate surface area is 98.9 Å². The molecule has 92 valence electrons. The lowest BCUT2D eigenvalue weighted by atomic mass is 9.98. The molecule has 1 aromatic heterocycles. The summed E-state index contributed by atoms with van der Waals surface area (Å²) in [4.78, 5) is 20.7. The van der Waals surface area contributed by atoms with Gasteiger partial charge >= 0.3 is 5.97 Å². The summed E-state index contributed by atoms with van der Waals surface area (Å²) in [5, 5.41) is 17.9. The highest BCUT2D eigenvalue weighted by Crippen LogP contribution is 2.20. The highest BCUT2D eigenvalue weighted by molar-refractivity contribution is 5.85. The van der Waals surface area contributed by atoms with Gasteiger partial charge in [-0.05, 0) is 18.8 Å². The molecule has 1 fully saturated rings. The molecule has 1 aliphatic heterocycles. The standard InChI is InChI=1S/C11H15N3O3/c15-7-8-1-3-14(4-2-8)10-6-12-5-9(13-10)11(16)17/h5-6,8,15H,1-4,7H2,(H,16,17). The molecule has 2 N–H and O–H groups in total. The molecule has 0 amide bonds. The number of anilines is 1. The van der Waals surface area contributed by atoms with Gasteiger partial charge in [-0.25, -0.2) is 9.78 Å². The third kappa shape index (κ3) is 2.71. The minimum absolute atomic E-state index is 0.0354. The van der Waals surface area contributed by atoms with Crippen LogP contribution in [-0.2, 0) is 0 Å². The van der Waals surface area contributed by atoms with E-state index in [0.717, 1.165) is 25.9 Å². The van der Waals surface area contributed by atoms with Crippen LogP contribution in [0, 0.1) is 5.92 Å². The molecule has 1 aliphatic rings. The molecule has 2 heterocycles. The predicted molar refractivity (Wildman–Crippen MR) is 61.0 cm³/mol. The van der Waals surface area contributed by atoms with Gasteiger partial charge in [0.25, 0.3) is 0 Å². The number of carboxylic acid groups (broad SMARTS) is 1. The number of nitrogens with zero attached hydrogens (tertiary/aromatic N) is 3. The second kappa shape index (κ2) is 5.09. The Bertz CT molecular complexity index is 403. The van der Waals surface area contributed by atoms with Gasteiger partial charge in [0.2, 0.25) is 0 Å². The van der Waals surface area contributed by atoms with Crippen molar-refractivity contribution < 1.29 is 15.0 Å². The van der Waals surface area contributed by atoms with Gasteiger partial charge in [0.15, 0.2) is 5.69 Å². The fourth-order valence-corrected chi connectivity index (χ4v) is 1.96. The number of aromatic nitrogens is 2. The van der Waals surface area contributed by atoms with E-state index in [1.807, 2.05) is 4.90 Å². The van der Waals surface area contributed by atoms with Gasteiger partial charge in [0.1, 0.15) is 5.82 Å². The summed E-state index contributed by atoms with van der Waals surface area (Å²) in [5.41, 5.74) is -0.0354. The maximum atomic E-state index is 10.8. The maximum absolute atomic E-state index is 10.8. The first-order valence-electron chi connectivity index (χ1n) is 5.62. The number of piperidine rings is 1. The quantitative estimate of drug-likeness (QED) is 0.790. The summed E-state index contributed by atoms with van der Waals surface area (Å²) in [6.07, 6.45) is 4.61. The zero-order valence-corrected chi connectivity index (χ0v) is 9.41. The van der Waals surface area contributed by atoms with Gasteiger partial charge in [-0.2, -0.15) is 0 Å². The summed E-state index contributed by atoms with van der Waals surface area (Å²) in [5.74, 6) is -0.118. The topological polar surface area (TPSA) is 86.5 Å². The first-order valence-corrected chi connectivity index (χ1v) is 5.62. The molecular formula is C11H15N3O3. The normalized spacial score (nSPS) is 17.1. The van der Waals surface area contributed by atoms with E-state index < -0.39 is 5.97 Å². The van der Waals surface area contributed by atoms with Gasteiger partial charge in [-0.1, -0.05) is 0 Å². The van der Waals surface area contributed by atoms with E-state index in [2.05, 4.69) is 9.97 Å². The van der Waals surface area contributed by atoms with Gasteiger partial charge in [0.05, 0.1) is 12.4 Å². The molecule has 6 heteroatoms. The number of aliphatic hydroxyl groups excluding tert-OH is 1. The summed E-state index contributed by atoms with van der Waals surface area (Å²) in [7, 11) is 0. The van der Waals surface area contributed by atoms with E-state index in [1.165, 1.54) is 6.20 Å². The van der Waals surface area contributed by atoms with Crippen molar-refractivity contribution in [2.75, 3.05) is 24.6 Å². The number of carboxylic acids is 1. The van der Waals surface area contributed by atoms with Crippen LogP contribution in [0.15, 0.2) is 12.4 Å². The average molecular weight is 237 g/mol. The molecule has 0 radical (unpaired) electrons. The Morgan fingerprint density at radius 3 is 2.71 bits per heavy atom. The van der Waals surface area contributed by atoms with Crippen molar-refractivity contribution in [1.82, 2.24) is 9.97 Å². The number of hydrogen-bond donors (Lipinski definition) is 2. The van der Waals surface area contributed by atoms with Crippen LogP contribution in [0.25, 0.3) is 0 Å². The van der Waals surface area contributed by atoms with Crippen molar-refractivity contribution in [2.45, 2.75) is 12.8 Å². The number of carbonyl (C=O) groups is 1. The fourth-order valence-electron chi connectivity index (χ4n) is 1.96. The molecule has 0 atom stereocenters. The lowest BCUT2D eigenvalue weighted by Crippen LogP contribution is -2.35. The van der Waals surface area contributed by atoms with E-state index in [0.29, 0.717) is 11.7 Å². The van der Waals surface area contributed by atoms with Gasteiger partial charge in [-0.15, -0.1) is 0 Å². The van der Waals surface area contributed by atoms with Crippen molar-refractivity contribution in [1.29, 1.82) is 0 Å². The van der Waals surface area contributed by atoms with Crippen LogP contribution in [0.3, 0.4) is 0 Å². The first kappa shape index (κ1) is 11.8. The van der Waals surface area contributed by atoms with E-state index in [9.17, 15) is 4.79 Å². The van der Waals surface area contributed by atoms with Crippen molar-refractivity contribution in [3.05, 3.63) is 18.1 Å². The smallest absolute Gasteiger partial charge is 0.356 e.